The first-order chi connectivity index (χ1) is 14.6. The van der Waals surface area contributed by atoms with Crippen molar-refractivity contribution in [2.75, 3.05) is 6.61 Å². The third-order valence-corrected chi connectivity index (χ3v) is 4.91. The SMILES string of the molecule is CC1(COc2ccc(C3C=CC(OC(F)(F)F)=CC3)cc2)Cn2cc([N+](=O)[O-])nc2O1. The second-order valence-corrected chi connectivity index (χ2v) is 7.53. The Morgan fingerprint density at radius 3 is 2.68 bits per heavy atom. The van der Waals surface area contributed by atoms with E-state index in [0.717, 1.165) is 5.56 Å². The van der Waals surface area contributed by atoms with Crippen molar-refractivity contribution in [3.05, 3.63) is 70.1 Å². The number of halogens is 3. The van der Waals surface area contributed by atoms with E-state index in [1.54, 1.807) is 22.8 Å². The normalized spacial score (nSPS) is 22.5. The summed E-state index contributed by atoms with van der Waals surface area (Å²) in [5.74, 6) is 0.0645. The molecule has 11 heteroatoms. The van der Waals surface area contributed by atoms with Crippen molar-refractivity contribution in [2.45, 2.75) is 37.8 Å². The smallest absolute Gasteiger partial charge is 0.489 e. The van der Waals surface area contributed by atoms with Crippen molar-refractivity contribution in [1.29, 1.82) is 0 Å². The zero-order chi connectivity index (χ0) is 22.2. The molecule has 8 nitrogen and oxygen atoms in total. The summed E-state index contributed by atoms with van der Waals surface area (Å²) in [6.45, 7) is 2.39. The van der Waals surface area contributed by atoms with Crippen LogP contribution in [0.5, 0.6) is 11.8 Å². The molecule has 31 heavy (non-hydrogen) atoms. The van der Waals surface area contributed by atoms with Crippen molar-refractivity contribution in [2.24, 2.45) is 0 Å². The molecule has 0 saturated heterocycles. The molecule has 1 aliphatic carbocycles. The quantitative estimate of drug-likeness (QED) is 0.489. The van der Waals surface area contributed by atoms with E-state index in [9.17, 15) is 23.3 Å². The van der Waals surface area contributed by atoms with Gasteiger partial charge in [0.1, 0.15) is 24.3 Å². The number of fused-ring (bicyclic) bond motifs is 1. The molecule has 2 atom stereocenters. The highest BCUT2D eigenvalue weighted by atomic mass is 19.4. The van der Waals surface area contributed by atoms with E-state index >= 15 is 0 Å². The van der Waals surface area contributed by atoms with Crippen LogP contribution < -0.4 is 9.47 Å². The summed E-state index contributed by atoms with van der Waals surface area (Å²) in [6, 6.07) is 7.42. The summed E-state index contributed by atoms with van der Waals surface area (Å²) in [7, 11) is 0. The molecule has 1 aromatic heterocycles. The lowest BCUT2D eigenvalue weighted by Gasteiger charge is -2.22. The lowest BCUT2D eigenvalue weighted by Crippen LogP contribution is -2.38. The Morgan fingerprint density at radius 2 is 2.10 bits per heavy atom. The first kappa shape index (κ1) is 20.8. The lowest BCUT2D eigenvalue weighted by molar-refractivity contribution is -0.389. The Kier molecular flexibility index (Phi) is 5.11. The molecule has 0 spiro atoms. The zero-order valence-corrected chi connectivity index (χ0v) is 16.3. The lowest BCUT2D eigenvalue weighted by atomic mass is 9.92. The standard InChI is InChI=1S/C20H18F3N3O5/c1-19(11-25-10-17(26(27)28)24-18(25)31-19)12-29-15-6-2-13(3-7-15)14-4-8-16(9-5-14)30-20(21,22)23/h2-4,6-10,14H,5,11-12H2,1H3. The van der Waals surface area contributed by atoms with Crippen LogP contribution in [0.4, 0.5) is 19.0 Å². The number of allylic oxidation sites excluding steroid dienone is 3. The summed E-state index contributed by atoms with van der Waals surface area (Å²) in [5.41, 5.74) is 0.212. The van der Waals surface area contributed by atoms with Gasteiger partial charge >= 0.3 is 18.2 Å². The Balaban J connectivity index is 1.31. The van der Waals surface area contributed by atoms with Crippen LogP contribution in [0, 0.1) is 10.1 Å². The Labute approximate surface area is 174 Å². The van der Waals surface area contributed by atoms with Gasteiger partial charge in [0.2, 0.25) is 0 Å². The highest BCUT2D eigenvalue weighted by Gasteiger charge is 2.41. The van der Waals surface area contributed by atoms with Gasteiger partial charge in [-0.1, -0.05) is 18.2 Å². The van der Waals surface area contributed by atoms with Crippen molar-refractivity contribution >= 4 is 5.82 Å². The largest absolute Gasteiger partial charge is 0.573 e. The van der Waals surface area contributed by atoms with Crippen LogP contribution in [-0.2, 0) is 11.3 Å². The van der Waals surface area contributed by atoms with Gasteiger partial charge in [-0.25, -0.2) is 0 Å². The molecule has 0 saturated carbocycles. The van der Waals surface area contributed by atoms with E-state index in [4.69, 9.17) is 9.47 Å². The second-order valence-electron chi connectivity index (χ2n) is 7.53. The first-order valence-electron chi connectivity index (χ1n) is 9.38. The molecular weight excluding hydrogens is 419 g/mol. The van der Waals surface area contributed by atoms with E-state index in [0.29, 0.717) is 18.7 Å². The van der Waals surface area contributed by atoms with E-state index in [1.165, 1.54) is 18.3 Å². The van der Waals surface area contributed by atoms with Gasteiger partial charge in [0, 0.05) is 10.9 Å². The minimum atomic E-state index is -4.70. The van der Waals surface area contributed by atoms with Gasteiger partial charge in [-0.2, -0.15) is 0 Å². The zero-order valence-electron chi connectivity index (χ0n) is 16.3. The number of nitro groups is 1. The second kappa shape index (κ2) is 7.64. The molecule has 4 rings (SSSR count). The number of ether oxygens (including phenoxy) is 3. The predicted octanol–water partition coefficient (Wildman–Crippen LogP) is 4.49. The Bertz CT molecular complexity index is 1020. The van der Waals surface area contributed by atoms with Crippen LogP contribution in [0.1, 0.15) is 24.8 Å². The van der Waals surface area contributed by atoms with E-state index in [2.05, 4.69) is 9.72 Å². The third-order valence-electron chi connectivity index (χ3n) is 4.91. The van der Waals surface area contributed by atoms with Crippen LogP contribution in [0.25, 0.3) is 0 Å². The van der Waals surface area contributed by atoms with Crippen molar-refractivity contribution in [3.63, 3.8) is 0 Å². The highest BCUT2D eigenvalue weighted by molar-refractivity contribution is 5.35. The van der Waals surface area contributed by atoms with Gasteiger partial charge in [-0.15, -0.1) is 13.2 Å². The topological polar surface area (TPSA) is 88.7 Å². The van der Waals surface area contributed by atoms with Crippen molar-refractivity contribution in [3.8, 4) is 11.8 Å². The molecule has 0 fully saturated rings. The molecule has 1 aliphatic heterocycles. The van der Waals surface area contributed by atoms with E-state index < -0.39 is 16.9 Å². The fourth-order valence-electron chi connectivity index (χ4n) is 3.46. The van der Waals surface area contributed by atoms with Crippen LogP contribution in [0.3, 0.4) is 0 Å². The number of nitrogens with zero attached hydrogens (tertiary/aromatic N) is 3. The molecule has 164 valence electrons. The summed E-state index contributed by atoms with van der Waals surface area (Å²) >= 11 is 0. The Morgan fingerprint density at radius 1 is 1.35 bits per heavy atom. The molecule has 2 aliphatic rings. The fourth-order valence-corrected chi connectivity index (χ4v) is 3.46. The summed E-state index contributed by atoms with van der Waals surface area (Å²) in [4.78, 5) is 14.0. The first-order valence-corrected chi connectivity index (χ1v) is 9.38. The van der Waals surface area contributed by atoms with Gasteiger partial charge in [-0.05, 0) is 48.1 Å². The molecule has 0 radical (unpaired) electrons. The maximum atomic E-state index is 12.3. The molecule has 1 aromatic carbocycles. The van der Waals surface area contributed by atoms with Crippen LogP contribution in [0.15, 0.2) is 54.4 Å². The maximum absolute atomic E-state index is 12.3. The monoisotopic (exact) mass is 437 g/mol. The number of alkyl halides is 3. The van der Waals surface area contributed by atoms with Crippen LogP contribution in [-0.4, -0.2) is 33.0 Å². The average Bonchev–Trinajstić information content (AvgIpc) is 3.22. The summed E-state index contributed by atoms with van der Waals surface area (Å²) < 4.78 is 53.8. The third kappa shape index (κ3) is 4.81. The van der Waals surface area contributed by atoms with Gasteiger partial charge in [0.05, 0.1) is 6.54 Å². The molecular formula is C20H18F3N3O5. The molecule has 0 bridgehead atoms. The number of hydrogen-bond donors (Lipinski definition) is 0. The van der Waals surface area contributed by atoms with Gasteiger partial charge in [-0.3, -0.25) is 4.57 Å². The van der Waals surface area contributed by atoms with Crippen molar-refractivity contribution < 1.29 is 32.3 Å². The predicted molar refractivity (Wildman–Crippen MR) is 102 cm³/mol. The van der Waals surface area contributed by atoms with Gasteiger partial charge < -0.3 is 24.3 Å². The molecule has 2 heterocycles. The number of aromatic nitrogens is 2. The summed E-state index contributed by atoms with van der Waals surface area (Å²) in [5, 5.41) is 10.8. The molecule has 2 aromatic rings. The Hall–Kier alpha value is -3.50. The van der Waals surface area contributed by atoms with E-state index in [1.807, 2.05) is 19.1 Å². The molecule has 0 N–H and O–H groups in total. The van der Waals surface area contributed by atoms with Gasteiger partial charge in [0.15, 0.2) is 5.60 Å². The van der Waals surface area contributed by atoms with Crippen LogP contribution in [0.2, 0.25) is 0 Å². The molecule has 0 amide bonds. The van der Waals surface area contributed by atoms with Gasteiger partial charge in [0.25, 0.3) is 0 Å². The minimum Gasteiger partial charge on any atom is -0.489 e. The van der Waals surface area contributed by atoms with E-state index in [-0.39, 0.29) is 30.1 Å². The van der Waals surface area contributed by atoms with Crippen molar-refractivity contribution in [1.82, 2.24) is 9.55 Å². The number of imidazole rings is 1. The van der Waals surface area contributed by atoms with Crippen LogP contribution >= 0.6 is 0 Å². The maximum Gasteiger partial charge on any atom is 0.573 e. The number of benzene rings is 1. The fraction of sp³-hybridized carbons (Fsp3) is 0.350. The molecule has 2 unspecified atom stereocenters. The highest BCUT2D eigenvalue weighted by Crippen LogP contribution is 2.33. The summed E-state index contributed by atoms with van der Waals surface area (Å²) in [6.07, 6.45) is 1.42. The number of rotatable bonds is 6. The average molecular weight is 437 g/mol. The minimum absolute atomic E-state index is 0.0573. The number of hydrogen-bond acceptors (Lipinski definition) is 6.